The van der Waals surface area contributed by atoms with Gasteiger partial charge in [-0.3, -0.25) is 4.68 Å². The molecule has 3 heterocycles. The van der Waals surface area contributed by atoms with Crippen molar-refractivity contribution in [3.8, 4) is 0 Å². The average molecular weight is 380 g/mol. The first-order valence-corrected chi connectivity index (χ1v) is 10.1. The molecule has 2 fully saturated rings. The normalized spacial score (nSPS) is 24.8. The summed E-state index contributed by atoms with van der Waals surface area (Å²) in [6.07, 6.45) is 3.78. The van der Waals surface area contributed by atoms with Crippen molar-refractivity contribution in [2.75, 3.05) is 32.8 Å². The van der Waals surface area contributed by atoms with Gasteiger partial charge in [-0.25, -0.2) is 12.8 Å². The quantitative estimate of drug-likeness (QED) is 0.866. The Bertz CT molecular complexity index is 880. The second-order valence-corrected chi connectivity index (χ2v) is 8.45. The van der Waals surface area contributed by atoms with Crippen molar-refractivity contribution < 1.29 is 17.5 Å². The third-order valence-electron chi connectivity index (χ3n) is 4.89. The standard InChI is InChI=1S/C17H21FN4O3S/c18-14-3-1-2-13(8-14)17-10-19-5-6-22(17)26(23,24)16-9-20-21(11-16)15-4-7-25-12-15/h1-3,8-9,11,15,17,19H,4-7,10,12H2. The Morgan fingerprint density at radius 3 is 3.00 bits per heavy atom. The summed E-state index contributed by atoms with van der Waals surface area (Å²) >= 11 is 0. The lowest BCUT2D eigenvalue weighted by Gasteiger charge is -2.35. The van der Waals surface area contributed by atoms with Crippen LogP contribution in [0.25, 0.3) is 0 Å². The van der Waals surface area contributed by atoms with Gasteiger partial charge in [0.1, 0.15) is 10.7 Å². The van der Waals surface area contributed by atoms with Crippen LogP contribution in [0.5, 0.6) is 0 Å². The molecule has 0 spiro atoms. The molecule has 1 aromatic heterocycles. The van der Waals surface area contributed by atoms with Crippen LogP contribution >= 0.6 is 0 Å². The summed E-state index contributed by atoms with van der Waals surface area (Å²) in [6.45, 7) is 2.51. The molecule has 1 N–H and O–H groups in total. The fraction of sp³-hybridized carbons (Fsp3) is 0.471. The number of halogens is 1. The number of benzene rings is 1. The molecule has 0 bridgehead atoms. The first kappa shape index (κ1) is 17.6. The molecular formula is C17H21FN4O3S. The molecule has 0 saturated carbocycles. The molecule has 140 valence electrons. The summed E-state index contributed by atoms with van der Waals surface area (Å²) in [6, 6.07) is 5.71. The minimum absolute atomic E-state index is 0.0704. The molecule has 2 aliphatic rings. The van der Waals surface area contributed by atoms with E-state index in [4.69, 9.17) is 4.74 Å². The number of piperazine rings is 1. The molecule has 2 unspecified atom stereocenters. The summed E-state index contributed by atoms with van der Waals surface area (Å²) in [4.78, 5) is 0.160. The van der Waals surface area contributed by atoms with E-state index in [1.807, 2.05) is 0 Å². The van der Waals surface area contributed by atoms with Gasteiger partial charge in [-0.05, 0) is 24.1 Å². The van der Waals surface area contributed by atoms with Crippen LogP contribution in [0.3, 0.4) is 0 Å². The van der Waals surface area contributed by atoms with Crippen LogP contribution in [-0.2, 0) is 14.8 Å². The Morgan fingerprint density at radius 2 is 2.23 bits per heavy atom. The van der Waals surface area contributed by atoms with Crippen LogP contribution in [0.1, 0.15) is 24.1 Å². The molecule has 2 aliphatic heterocycles. The van der Waals surface area contributed by atoms with Crippen molar-refractivity contribution >= 4 is 10.0 Å². The molecule has 2 atom stereocenters. The number of ether oxygens (including phenoxy) is 1. The second kappa shape index (κ2) is 7.07. The van der Waals surface area contributed by atoms with Crippen molar-refractivity contribution in [2.45, 2.75) is 23.4 Å². The van der Waals surface area contributed by atoms with E-state index in [0.717, 1.165) is 6.42 Å². The molecule has 2 aromatic rings. The zero-order valence-electron chi connectivity index (χ0n) is 14.2. The van der Waals surface area contributed by atoms with Gasteiger partial charge >= 0.3 is 0 Å². The van der Waals surface area contributed by atoms with Gasteiger partial charge in [0.25, 0.3) is 0 Å². The smallest absolute Gasteiger partial charge is 0.246 e. The minimum Gasteiger partial charge on any atom is -0.379 e. The number of hydrogen-bond donors (Lipinski definition) is 1. The van der Waals surface area contributed by atoms with Gasteiger partial charge in [-0.15, -0.1) is 0 Å². The Balaban J connectivity index is 1.64. The summed E-state index contributed by atoms with van der Waals surface area (Å²) < 4.78 is 48.5. The maximum absolute atomic E-state index is 13.6. The van der Waals surface area contributed by atoms with Gasteiger partial charge in [-0.2, -0.15) is 9.40 Å². The van der Waals surface area contributed by atoms with E-state index in [9.17, 15) is 12.8 Å². The van der Waals surface area contributed by atoms with E-state index in [1.165, 1.54) is 22.6 Å². The summed E-state index contributed by atoms with van der Waals surface area (Å²) in [7, 11) is -3.73. The number of sulfonamides is 1. The monoisotopic (exact) mass is 380 g/mol. The number of hydrogen-bond acceptors (Lipinski definition) is 5. The highest BCUT2D eigenvalue weighted by Gasteiger charge is 2.35. The predicted octanol–water partition coefficient (Wildman–Crippen LogP) is 1.32. The summed E-state index contributed by atoms with van der Waals surface area (Å²) in [5, 5.41) is 7.42. The van der Waals surface area contributed by atoms with Crippen molar-refractivity contribution in [1.29, 1.82) is 0 Å². The Labute approximate surface area is 151 Å². The van der Waals surface area contributed by atoms with E-state index in [1.54, 1.807) is 23.0 Å². The van der Waals surface area contributed by atoms with Crippen LogP contribution in [0, 0.1) is 5.82 Å². The van der Waals surface area contributed by atoms with Crippen LogP contribution in [0.15, 0.2) is 41.6 Å². The van der Waals surface area contributed by atoms with E-state index < -0.39 is 16.1 Å². The molecule has 0 radical (unpaired) electrons. The van der Waals surface area contributed by atoms with E-state index >= 15 is 0 Å². The summed E-state index contributed by atoms with van der Waals surface area (Å²) in [5.74, 6) is -0.375. The zero-order chi connectivity index (χ0) is 18.1. The topological polar surface area (TPSA) is 76.5 Å². The van der Waals surface area contributed by atoms with Gasteiger partial charge in [-0.1, -0.05) is 12.1 Å². The van der Waals surface area contributed by atoms with Crippen LogP contribution in [-0.4, -0.2) is 55.4 Å². The maximum Gasteiger partial charge on any atom is 0.246 e. The average Bonchev–Trinajstić information content (AvgIpc) is 3.33. The van der Waals surface area contributed by atoms with Gasteiger partial charge in [0, 0.05) is 32.4 Å². The first-order chi connectivity index (χ1) is 12.6. The molecule has 0 amide bonds. The molecule has 1 aromatic carbocycles. The first-order valence-electron chi connectivity index (χ1n) is 8.65. The SMILES string of the molecule is O=S(=O)(c1cnn(C2CCOC2)c1)N1CCNCC1c1cccc(F)c1. The van der Waals surface area contributed by atoms with Crippen LogP contribution in [0.4, 0.5) is 4.39 Å². The van der Waals surface area contributed by atoms with Crippen LogP contribution in [0.2, 0.25) is 0 Å². The Hall–Kier alpha value is -1.81. The molecular weight excluding hydrogens is 359 g/mol. The number of aromatic nitrogens is 2. The zero-order valence-corrected chi connectivity index (χ0v) is 15.0. The van der Waals surface area contributed by atoms with Gasteiger partial charge in [0.05, 0.1) is 24.9 Å². The van der Waals surface area contributed by atoms with Crippen LogP contribution < -0.4 is 5.32 Å². The van der Waals surface area contributed by atoms with Crippen molar-refractivity contribution in [3.05, 3.63) is 48.0 Å². The maximum atomic E-state index is 13.6. The number of nitrogens with zero attached hydrogens (tertiary/aromatic N) is 3. The fourth-order valence-electron chi connectivity index (χ4n) is 3.49. The molecule has 2 saturated heterocycles. The van der Waals surface area contributed by atoms with E-state index in [2.05, 4.69) is 10.4 Å². The van der Waals surface area contributed by atoms with Crippen molar-refractivity contribution in [2.24, 2.45) is 0 Å². The molecule has 7 nitrogen and oxygen atoms in total. The molecule has 9 heteroatoms. The second-order valence-electron chi connectivity index (χ2n) is 6.56. The lowest BCUT2D eigenvalue weighted by molar-refractivity contribution is 0.184. The van der Waals surface area contributed by atoms with Crippen molar-refractivity contribution in [1.82, 2.24) is 19.4 Å². The van der Waals surface area contributed by atoms with Gasteiger partial charge in [0.15, 0.2) is 0 Å². The molecule has 0 aliphatic carbocycles. The van der Waals surface area contributed by atoms with Gasteiger partial charge in [0.2, 0.25) is 10.0 Å². The Morgan fingerprint density at radius 1 is 1.35 bits per heavy atom. The highest BCUT2D eigenvalue weighted by molar-refractivity contribution is 7.89. The number of rotatable bonds is 4. The number of nitrogens with one attached hydrogen (secondary N) is 1. The minimum atomic E-state index is -3.73. The van der Waals surface area contributed by atoms with Crippen molar-refractivity contribution in [3.63, 3.8) is 0 Å². The fourth-order valence-corrected chi connectivity index (χ4v) is 5.05. The highest BCUT2D eigenvalue weighted by atomic mass is 32.2. The van der Waals surface area contributed by atoms with Gasteiger partial charge < -0.3 is 10.1 Å². The summed E-state index contributed by atoms with van der Waals surface area (Å²) in [5.41, 5.74) is 0.636. The van der Waals surface area contributed by atoms with E-state index in [-0.39, 0.29) is 16.8 Å². The third-order valence-corrected chi connectivity index (χ3v) is 6.75. The lowest BCUT2D eigenvalue weighted by Crippen LogP contribution is -2.48. The largest absolute Gasteiger partial charge is 0.379 e. The molecule has 4 rings (SSSR count). The lowest BCUT2D eigenvalue weighted by atomic mass is 10.1. The molecule has 26 heavy (non-hydrogen) atoms. The highest BCUT2D eigenvalue weighted by Crippen LogP contribution is 2.30. The van der Waals surface area contributed by atoms with E-state index in [0.29, 0.717) is 38.4 Å². The Kier molecular flexibility index (Phi) is 4.78. The third kappa shape index (κ3) is 3.27. The predicted molar refractivity (Wildman–Crippen MR) is 92.6 cm³/mol.